The minimum atomic E-state index is -1.17. The smallest absolute Gasteiger partial charge is 0.330 e. The van der Waals surface area contributed by atoms with Crippen molar-refractivity contribution in [2.24, 2.45) is 0 Å². The Kier molecular flexibility index (Phi) is 18.0. The molecule has 0 aromatic carbocycles. The highest BCUT2D eigenvalue weighted by atomic mass is 16.5. The Balaban J connectivity index is -0.000000219. The van der Waals surface area contributed by atoms with E-state index in [0.29, 0.717) is 6.08 Å². The van der Waals surface area contributed by atoms with Crippen LogP contribution < -0.4 is 0 Å². The molecule has 3 N–H and O–H groups in total. The van der Waals surface area contributed by atoms with Crippen molar-refractivity contribution in [2.45, 2.75) is 26.7 Å². The van der Waals surface area contributed by atoms with Gasteiger partial charge in [-0.05, 0) is 0 Å². The third-order valence-corrected chi connectivity index (χ3v) is 1.17. The number of hydrogen-bond acceptors (Lipinski definition) is 5. The first-order valence-electron chi connectivity index (χ1n) is 5.13. The van der Waals surface area contributed by atoms with E-state index in [1.807, 2.05) is 0 Å². The van der Waals surface area contributed by atoms with Crippen LogP contribution in [0.15, 0.2) is 12.2 Å². The van der Waals surface area contributed by atoms with Crippen LogP contribution in [0.4, 0.5) is 0 Å². The second-order valence-corrected chi connectivity index (χ2v) is 2.69. The van der Waals surface area contributed by atoms with E-state index in [2.05, 4.69) is 4.74 Å². The largest absolute Gasteiger partial charge is 0.481 e. The lowest BCUT2D eigenvalue weighted by Gasteiger charge is -1.85. The number of aliphatic carboxylic acids is 3. The third kappa shape index (κ3) is 39.0. The van der Waals surface area contributed by atoms with E-state index < -0.39 is 23.9 Å². The Labute approximate surface area is 110 Å². The lowest BCUT2D eigenvalue weighted by Crippen LogP contribution is -1.96. The van der Waals surface area contributed by atoms with Crippen molar-refractivity contribution < 1.29 is 39.2 Å². The van der Waals surface area contributed by atoms with Crippen LogP contribution in [0, 0.1) is 0 Å². The van der Waals surface area contributed by atoms with Gasteiger partial charge in [-0.2, -0.15) is 0 Å². The maximum atomic E-state index is 10.1. The molecular weight excluding hydrogens is 260 g/mol. The summed E-state index contributed by atoms with van der Waals surface area (Å²) in [5, 5.41) is 23.4. The lowest BCUT2D eigenvalue weighted by atomic mass is 10.5. The lowest BCUT2D eigenvalue weighted by molar-refractivity contribution is -0.137. The van der Waals surface area contributed by atoms with Gasteiger partial charge in [-0.1, -0.05) is 13.8 Å². The van der Waals surface area contributed by atoms with Crippen molar-refractivity contribution in [3.8, 4) is 0 Å². The first-order valence-corrected chi connectivity index (χ1v) is 5.13. The van der Waals surface area contributed by atoms with E-state index in [1.165, 1.54) is 7.11 Å². The second kappa shape index (κ2) is 15.6. The van der Waals surface area contributed by atoms with E-state index >= 15 is 0 Å². The first-order chi connectivity index (χ1) is 8.70. The zero-order valence-electron chi connectivity index (χ0n) is 11.0. The molecule has 0 radical (unpaired) electrons. The Morgan fingerprint density at radius 1 is 0.895 bits per heavy atom. The topological polar surface area (TPSA) is 138 Å². The molecule has 0 aromatic rings. The molecule has 0 fully saturated rings. The third-order valence-electron chi connectivity index (χ3n) is 1.17. The molecule has 0 heterocycles. The Morgan fingerprint density at radius 3 is 1.37 bits per heavy atom. The number of hydrogen-bond donors (Lipinski definition) is 3. The fourth-order valence-corrected chi connectivity index (χ4v) is 0.207. The molecular formula is C11H18O8. The molecule has 0 aliphatic carbocycles. The summed E-state index contributed by atoms with van der Waals surface area (Å²) >= 11 is 0. The summed E-state index contributed by atoms with van der Waals surface area (Å²) in [5.41, 5.74) is 0. The molecule has 0 aliphatic rings. The van der Waals surface area contributed by atoms with Crippen LogP contribution in [0.3, 0.4) is 0 Å². The van der Waals surface area contributed by atoms with Gasteiger partial charge in [0.2, 0.25) is 0 Å². The van der Waals surface area contributed by atoms with Crippen LogP contribution in [-0.4, -0.2) is 46.3 Å². The first kappa shape index (κ1) is 21.9. The van der Waals surface area contributed by atoms with Gasteiger partial charge in [0, 0.05) is 25.0 Å². The predicted octanol–water partition coefficient (Wildman–Crippen LogP) is 0.762. The highest BCUT2D eigenvalue weighted by Crippen LogP contribution is 1.76. The zero-order valence-corrected chi connectivity index (χ0v) is 11.0. The fraction of sp³-hybridized carbons (Fsp3) is 0.455. The van der Waals surface area contributed by atoms with Crippen molar-refractivity contribution in [2.75, 3.05) is 7.11 Å². The molecule has 0 aliphatic heterocycles. The molecule has 0 saturated carbocycles. The van der Waals surface area contributed by atoms with Gasteiger partial charge in [-0.3, -0.25) is 9.59 Å². The van der Waals surface area contributed by atoms with Crippen LogP contribution in [0.1, 0.15) is 26.7 Å². The summed E-state index contributed by atoms with van der Waals surface area (Å²) in [6, 6.07) is 0. The van der Waals surface area contributed by atoms with E-state index in [9.17, 15) is 19.2 Å². The van der Waals surface area contributed by atoms with E-state index in [1.54, 1.807) is 13.8 Å². The Bertz CT molecular complexity index is 305. The quantitative estimate of drug-likeness (QED) is 0.506. The van der Waals surface area contributed by atoms with Gasteiger partial charge < -0.3 is 20.1 Å². The summed E-state index contributed by atoms with van der Waals surface area (Å²) < 4.78 is 4.11. The molecule has 19 heavy (non-hydrogen) atoms. The number of carboxylic acid groups (broad SMARTS) is 3. The second-order valence-electron chi connectivity index (χ2n) is 2.69. The summed E-state index contributed by atoms with van der Waals surface area (Å²) in [5.74, 6) is -3.33. The highest BCUT2D eigenvalue weighted by molar-refractivity contribution is 5.90. The average Bonchev–Trinajstić information content (AvgIpc) is 2.37. The number of carbonyl (C=O) groups is 4. The number of esters is 1. The average molecular weight is 278 g/mol. The Hall–Kier alpha value is -2.38. The number of ether oxygens (including phenoxy) is 1. The van der Waals surface area contributed by atoms with Crippen molar-refractivity contribution in [3.63, 3.8) is 0 Å². The van der Waals surface area contributed by atoms with Gasteiger partial charge in [0.1, 0.15) is 0 Å². The van der Waals surface area contributed by atoms with Gasteiger partial charge in [-0.15, -0.1) is 0 Å². The van der Waals surface area contributed by atoms with Crippen LogP contribution in [0.5, 0.6) is 0 Å². The van der Waals surface area contributed by atoms with Gasteiger partial charge in [0.05, 0.1) is 7.11 Å². The minimum Gasteiger partial charge on any atom is -0.481 e. The zero-order chi connectivity index (χ0) is 15.8. The van der Waals surface area contributed by atoms with E-state index in [0.717, 1.165) is 6.08 Å². The SMILES string of the molecule is CCC(=O)O.CCC(=O)O.COC(=O)/C=C\C(=O)O. The number of carbonyl (C=O) groups excluding carboxylic acids is 1. The molecule has 8 heteroatoms. The molecule has 0 atom stereocenters. The molecule has 0 spiro atoms. The van der Waals surface area contributed by atoms with Crippen molar-refractivity contribution >= 4 is 23.9 Å². The van der Waals surface area contributed by atoms with Crippen molar-refractivity contribution in [1.82, 2.24) is 0 Å². The van der Waals surface area contributed by atoms with Crippen molar-refractivity contribution in [3.05, 3.63) is 12.2 Å². The van der Waals surface area contributed by atoms with Crippen molar-refractivity contribution in [1.29, 1.82) is 0 Å². The van der Waals surface area contributed by atoms with Gasteiger partial charge >= 0.3 is 23.9 Å². The predicted molar refractivity (Wildman–Crippen MR) is 64.6 cm³/mol. The summed E-state index contributed by atoms with van der Waals surface area (Å²) in [7, 11) is 1.18. The molecule has 0 saturated heterocycles. The van der Waals surface area contributed by atoms with E-state index in [4.69, 9.17) is 15.3 Å². The minimum absolute atomic E-state index is 0.222. The van der Waals surface area contributed by atoms with Gasteiger partial charge in [0.15, 0.2) is 0 Å². The van der Waals surface area contributed by atoms with Crippen LogP contribution >= 0.6 is 0 Å². The molecule has 0 bridgehead atoms. The molecule has 110 valence electrons. The van der Waals surface area contributed by atoms with E-state index in [-0.39, 0.29) is 12.8 Å². The summed E-state index contributed by atoms with van der Waals surface area (Å²) in [6.07, 6.45) is 1.99. The molecule has 0 rings (SSSR count). The number of rotatable bonds is 4. The molecule has 0 amide bonds. The van der Waals surface area contributed by atoms with Crippen LogP contribution in [-0.2, 0) is 23.9 Å². The Morgan fingerprint density at radius 2 is 1.21 bits per heavy atom. The summed E-state index contributed by atoms with van der Waals surface area (Å²) in [6.45, 7) is 3.20. The molecule has 0 aromatic heterocycles. The molecule has 8 nitrogen and oxygen atoms in total. The summed E-state index contributed by atoms with van der Waals surface area (Å²) in [4.78, 5) is 38.6. The monoisotopic (exact) mass is 278 g/mol. The highest BCUT2D eigenvalue weighted by Gasteiger charge is 1.91. The van der Waals surface area contributed by atoms with Gasteiger partial charge in [-0.25, -0.2) is 9.59 Å². The maximum absolute atomic E-state index is 10.1. The van der Waals surface area contributed by atoms with Gasteiger partial charge in [0.25, 0.3) is 0 Å². The van der Waals surface area contributed by atoms with Crippen LogP contribution in [0.25, 0.3) is 0 Å². The fourth-order valence-electron chi connectivity index (χ4n) is 0.207. The van der Waals surface area contributed by atoms with Crippen LogP contribution in [0.2, 0.25) is 0 Å². The maximum Gasteiger partial charge on any atom is 0.330 e. The standard InChI is InChI=1S/C5H6O4.2C3H6O2/c1-9-5(8)3-2-4(6)7;2*1-2-3(4)5/h2-3H,1H3,(H,6,7);2*2H2,1H3,(H,4,5)/b3-2-;;. The number of methoxy groups -OCH3 is 1. The normalized spacial score (nSPS) is 8.37. The number of carboxylic acids is 3. The molecule has 0 unspecified atom stereocenters.